The summed E-state index contributed by atoms with van der Waals surface area (Å²) in [5, 5.41) is 3.05. The molecule has 0 spiro atoms. The summed E-state index contributed by atoms with van der Waals surface area (Å²) in [6.45, 7) is 9.79. The molecule has 0 aliphatic heterocycles. The zero-order valence-corrected chi connectivity index (χ0v) is 22.3. The van der Waals surface area contributed by atoms with Gasteiger partial charge in [0.15, 0.2) is 27.1 Å². The number of pyridine rings is 1. The van der Waals surface area contributed by atoms with Gasteiger partial charge in [-0.05, 0) is 31.4 Å². The zero-order chi connectivity index (χ0) is 26.7. The van der Waals surface area contributed by atoms with Gasteiger partial charge in [0, 0.05) is 18.4 Å². The second-order valence-electron chi connectivity index (χ2n) is 9.01. The van der Waals surface area contributed by atoms with E-state index in [1.165, 1.54) is 18.6 Å². The fraction of sp³-hybridized carbons (Fsp3) is 0.400. The van der Waals surface area contributed by atoms with E-state index in [1.807, 2.05) is 27.7 Å². The highest BCUT2D eigenvalue weighted by atomic mass is 32.2. The van der Waals surface area contributed by atoms with Crippen molar-refractivity contribution in [3.8, 4) is 11.4 Å². The average molecular weight is 523 g/mol. The van der Waals surface area contributed by atoms with Gasteiger partial charge in [0.05, 0.1) is 40.3 Å². The Hall–Kier alpha value is -3.80. The van der Waals surface area contributed by atoms with E-state index in [2.05, 4.69) is 30.2 Å². The quantitative estimate of drug-likeness (QED) is 0.346. The lowest BCUT2D eigenvalue weighted by Crippen LogP contribution is -2.28. The molecule has 0 saturated heterocycles. The van der Waals surface area contributed by atoms with Crippen molar-refractivity contribution in [3.63, 3.8) is 0 Å². The number of rotatable bonds is 9. The van der Waals surface area contributed by atoms with Crippen molar-refractivity contribution in [2.45, 2.75) is 64.4 Å². The summed E-state index contributed by atoms with van der Waals surface area (Å²) in [6, 6.07) is 2.99. The van der Waals surface area contributed by atoms with E-state index in [1.54, 1.807) is 30.0 Å². The largest absolute Gasteiger partial charge is 0.360 e. The average Bonchev–Trinajstić information content (AvgIpc) is 2.91. The van der Waals surface area contributed by atoms with Gasteiger partial charge in [0.2, 0.25) is 0 Å². The Labute approximate surface area is 215 Å². The first-order chi connectivity index (χ1) is 17.7. The van der Waals surface area contributed by atoms with Crippen LogP contribution in [0.15, 0.2) is 46.7 Å². The van der Waals surface area contributed by atoms with Gasteiger partial charge >= 0.3 is 0 Å². The zero-order valence-electron chi connectivity index (χ0n) is 21.5. The molecule has 0 aliphatic rings. The molecule has 4 aromatic heterocycles. The van der Waals surface area contributed by atoms with Gasteiger partial charge in [-0.25, -0.2) is 33.3 Å². The van der Waals surface area contributed by atoms with E-state index >= 15 is 0 Å². The summed E-state index contributed by atoms with van der Waals surface area (Å²) >= 11 is 0. The summed E-state index contributed by atoms with van der Waals surface area (Å²) in [7, 11) is -3.33. The van der Waals surface area contributed by atoms with Crippen molar-refractivity contribution in [1.82, 2.24) is 34.5 Å². The molecular weight excluding hydrogens is 492 g/mol. The van der Waals surface area contributed by atoms with E-state index < -0.39 is 9.84 Å². The van der Waals surface area contributed by atoms with Gasteiger partial charge < -0.3 is 5.32 Å². The van der Waals surface area contributed by atoms with Crippen molar-refractivity contribution >= 4 is 26.8 Å². The maximum absolute atomic E-state index is 13.5. The second-order valence-corrected chi connectivity index (χ2v) is 11.3. The Morgan fingerprint density at radius 1 is 1.00 bits per heavy atom. The summed E-state index contributed by atoms with van der Waals surface area (Å²) < 4.78 is 25.7. The molecule has 1 unspecified atom stereocenters. The molecule has 0 saturated carbocycles. The monoisotopic (exact) mass is 522 g/mol. The van der Waals surface area contributed by atoms with Crippen LogP contribution in [0.3, 0.4) is 0 Å². The lowest BCUT2D eigenvalue weighted by Gasteiger charge is -2.18. The summed E-state index contributed by atoms with van der Waals surface area (Å²) in [5.41, 5.74) is 2.69. The van der Waals surface area contributed by atoms with E-state index in [9.17, 15) is 13.2 Å². The van der Waals surface area contributed by atoms with Crippen LogP contribution in [-0.4, -0.2) is 48.6 Å². The van der Waals surface area contributed by atoms with Crippen LogP contribution in [0.5, 0.6) is 0 Å². The van der Waals surface area contributed by atoms with Crippen molar-refractivity contribution in [2.24, 2.45) is 0 Å². The number of fused-ring (bicyclic) bond motifs is 1. The first-order valence-corrected chi connectivity index (χ1v) is 13.8. The van der Waals surface area contributed by atoms with Crippen molar-refractivity contribution in [1.29, 1.82) is 0 Å². The number of anilines is 1. The number of aromatic nitrogens is 7. The van der Waals surface area contributed by atoms with E-state index in [4.69, 9.17) is 4.98 Å². The summed E-state index contributed by atoms with van der Waals surface area (Å²) in [6.07, 6.45) is 6.82. The van der Waals surface area contributed by atoms with Crippen LogP contribution in [0.2, 0.25) is 0 Å². The van der Waals surface area contributed by atoms with Crippen LogP contribution in [0.25, 0.3) is 22.6 Å². The van der Waals surface area contributed by atoms with Crippen LogP contribution >= 0.6 is 0 Å². The smallest absolute Gasteiger partial charge is 0.295 e. The molecular formula is C25H30N8O3S. The predicted octanol–water partition coefficient (Wildman–Crippen LogP) is 3.54. The fourth-order valence-corrected chi connectivity index (χ4v) is 4.67. The third kappa shape index (κ3) is 5.33. The Kier molecular flexibility index (Phi) is 7.58. The molecule has 1 N–H and O–H groups in total. The minimum absolute atomic E-state index is 0.00229. The first kappa shape index (κ1) is 26.3. The number of nitrogens with one attached hydrogen (secondary N) is 1. The third-order valence-corrected chi connectivity index (χ3v) is 7.89. The molecule has 0 amide bonds. The highest BCUT2D eigenvalue weighted by Gasteiger charge is 2.20. The van der Waals surface area contributed by atoms with Gasteiger partial charge in [0.1, 0.15) is 11.8 Å². The predicted molar refractivity (Wildman–Crippen MR) is 141 cm³/mol. The molecule has 11 nitrogen and oxygen atoms in total. The SMILES string of the molecule is CCC(C)n1c(=O)c(NCc2ccc(S(=O)(=O)CC)cn2)nc2cnc(-c3cncnc3C(C)C)nc21. The maximum Gasteiger partial charge on any atom is 0.295 e. The van der Waals surface area contributed by atoms with Crippen molar-refractivity contribution in [2.75, 3.05) is 11.1 Å². The molecule has 0 aliphatic carbocycles. The minimum Gasteiger partial charge on any atom is -0.360 e. The number of sulfone groups is 1. The molecule has 194 valence electrons. The van der Waals surface area contributed by atoms with Crippen LogP contribution < -0.4 is 10.9 Å². The maximum atomic E-state index is 13.5. The molecule has 12 heteroatoms. The van der Waals surface area contributed by atoms with Crippen LogP contribution in [-0.2, 0) is 16.4 Å². The molecule has 0 radical (unpaired) electrons. The minimum atomic E-state index is -3.33. The van der Waals surface area contributed by atoms with Gasteiger partial charge in [-0.2, -0.15) is 0 Å². The van der Waals surface area contributed by atoms with E-state index in [0.29, 0.717) is 34.7 Å². The highest BCUT2D eigenvalue weighted by Crippen LogP contribution is 2.26. The molecule has 4 aromatic rings. The molecule has 0 aromatic carbocycles. The van der Waals surface area contributed by atoms with Crippen molar-refractivity contribution < 1.29 is 8.42 Å². The van der Waals surface area contributed by atoms with Gasteiger partial charge in [-0.3, -0.25) is 14.3 Å². The highest BCUT2D eigenvalue weighted by molar-refractivity contribution is 7.91. The van der Waals surface area contributed by atoms with Crippen LogP contribution in [0, 0.1) is 0 Å². The molecule has 4 rings (SSSR count). The van der Waals surface area contributed by atoms with Crippen LogP contribution in [0.4, 0.5) is 5.82 Å². The Morgan fingerprint density at radius 3 is 2.43 bits per heavy atom. The van der Waals surface area contributed by atoms with E-state index in [-0.39, 0.29) is 40.5 Å². The van der Waals surface area contributed by atoms with Gasteiger partial charge in [0.25, 0.3) is 5.56 Å². The summed E-state index contributed by atoms with van der Waals surface area (Å²) in [5.74, 6) is 0.718. The normalized spacial score (nSPS) is 12.7. The Morgan fingerprint density at radius 2 is 1.78 bits per heavy atom. The number of nitrogens with zero attached hydrogens (tertiary/aromatic N) is 7. The second kappa shape index (κ2) is 10.7. The summed E-state index contributed by atoms with van der Waals surface area (Å²) in [4.78, 5) is 40.2. The molecule has 1 atom stereocenters. The Balaban J connectivity index is 1.73. The molecule has 4 heterocycles. The molecule has 0 fully saturated rings. The first-order valence-electron chi connectivity index (χ1n) is 12.2. The third-order valence-electron chi connectivity index (χ3n) is 6.17. The molecule has 0 bridgehead atoms. The Bertz CT molecular complexity index is 1580. The van der Waals surface area contributed by atoms with Crippen LogP contribution in [0.1, 0.15) is 64.4 Å². The fourth-order valence-electron chi connectivity index (χ4n) is 3.85. The van der Waals surface area contributed by atoms with Crippen molar-refractivity contribution in [3.05, 3.63) is 58.8 Å². The lowest BCUT2D eigenvalue weighted by molar-refractivity contribution is 0.526. The van der Waals surface area contributed by atoms with Gasteiger partial charge in [-0.1, -0.05) is 27.7 Å². The standard InChI is InChI=1S/C25H30N8O3S/c1-6-16(5)33-24-20(13-29-22(32-24)19-12-26-14-30-21(19)15(3)4)31-23(25(33)34)28-10-17-8-9-18(11-27-17)37(35,36)7-2/h8-9,11-16H,6-7,10H2,1-5H3,(H,28,31). The van der Waals surface area contributed by atoms with Gasteiger partial charge in [-0.15, -0.1) is 0 Å². The van der Waals surface area contributed by atoms with E-state index in [0.717, 1.165) is 5.69 Å². The number of hydrogen-bond acceptors (Lipinski definition) is 10. The molecule has 37 heavy (non-hydrogen) atoms. The topological polar surface area (TPSA) is 146 Å². The lowest BCUT2D eigenvalue weighted by atomic mass is 10.0. The number of hydrogen-bond donors (Lipinski definition) is 1.